The number of hydrogen-bond acceptors (Lipinski definition) is 4. The normalized spacial score (nSPS) is 24.2. The van der Waals surface area contributed by atoms with E-state index in [2.05, 4.69) is 41.4 Å². The molecule has 1 saturated carbocycles. The Bertz CT molecular complexity index is 567. The van der Waals surface area contributed by atoms with Gasteiger partial charge in [0, 0.05) is 31.6 Å². The molecule has 148 valence electrons. The van der Waals surface area contributed by atoms with Gasteiger partial charge in [0.1, 0.15) is 0 Å². The van der Waals surface area contributed by atoms with Crippen LogP contribution in [0.15, 0.2) is 24.3 Å². The summed E-state index contributed by atoms with van der Waals surface area (Å²) in [7, 11) is 0. The molecule has 3 N–H and O–H groups in total. The van der Waals surface area contributed by atoms with Gasteiger partial charge >= 0.3 is 0 Å². The van der Waals surface area contributed by atoms with Gasteiger partial charge in [-0.2, -0.15) is 0 Å². The van der Waals surface area contributed by atoms with E-state index >= 15 is 0 Å². The molecule has 0 spiro atoms. The van der Waals surface area contributed by atoms with Crippen molar-refractivity contribution in [1.29, 1.82) is 0 Å². The summed E-state index contributed by atoms with van der Waals surface area (Å²) in [6.45, 7) is 6.08. The van der Waals surface area contributed by atoms with Crippen LogP contribution in [-0.2, 0) is 9.53 Å². The number of rotatable bonds is 5. The lowest BCUT2D eigenvalue weighted by atomic mass is 10.0. The Hall–Kier alpha value is -0.850. The molecule has 1 aromatic rings. The van der Waals surface area contributed by atoms with Gasteiger partial charge in [-0.15, -0.1) is 24.8 Å². The molecule has 2 fully saturated rings. The highest BCUT2D eigenvalue weighted by Crippen LogP contribution is 2.25. The average Bonchev–Trinajstić information content (AvgIpc) is 3.02. The predicted octanol–water partition coefficient (Wildman–Crippen LogP) is 2.46. The zero-order valence-corrected chi connectivity index (χ0v) is 17.0. The van der Waals surface area contributed by atoms with Gasteiger partial charge in [0.15, 0.2) is 0 Å². The lowest BCUT2D eigenvalue weighted by Gasteiger charge is -2.35. The number of amides is 1. The number of hydrogen-bond donors (Lipinski definition) is 2. The van der Waals surface area contributed by atoms with E-state index < -0.39 is 0 Å². The summed E-state index contributed by atoms with van der Waals surface area (Å²) >= 11 is 0. The van der Waals surface area contributed by atoms with Crippen LogP contribution in [0.3, 0.4) is 0 Å². The molecule has 1 saturated heterocycles. The van der Waals surface area contributed by atoms with Gasteiger partial charge in [0.25, 0.3) is 0 Å². The first-order chi connectivity index (χ1) is 11.6. The number of aryl methyl sites for hydroxylation is 1. The lowest BCUT2D eigenvalue weighted by molar-refractivity contribution is -0.125. The molecular weight excluding hydrogens is 373 g/mol. The summed E-state index contributed by atoms with van der Waals surface area (Å²) in [5, 5.41) is 3.18. The van der Waals surface area contributed by atoms with E-state index in [0.717, 1.165) is 45.6 Å². The van der Waals surface area contributed by atoms with Crippen molar-refractivity contribution in [3.05, 3.63) is 35.4 Å². The molecule has 0 radical (unpaired) electrons. The van der Waals surface area contributed by atoms with Gasteiger partial charge in [-0.1, -0.05) is 29.8 Å². The molecular formula is C19H31Cl2N3O2. The van der Waals surface area contributed by atoms with Crippen molar-refractivity contribution in [2.45, 2.75) is 38.3 Å². The number of morpholine rings is 1. The third-order valence-corrected chi connectivity index (χ3v) is 5.23. The standard InChI is InChI=1S/C19H29N3O2.2ClH/c1-14-3-2-4-15(11-14)18(22-7-9-24-10-8-22)13-21-19(23)16-5-6-17(20)12-16;;/h2-4,11,16-18H,5-10,12-13,20H2,1H3,(H,21,23);2*1H. The molecule has 7 heteroatoms. The second-order valence-corrected chi connectivity index (χ2v) is 7.09. The first-order valence-corrected chi connectivity index (χ1v) is 9.05. The highest BCUT2D eigenvalue weighted by molar-refractivity contribution is 5.85. The maximum atomic E-state index is 12.5. The molecule has 3 atom stereocenters. The Morgan fingerprint density at radius 1 is 1.31 bits per heavy atom. The number of benzene rings is 1. The fourth-order valence-electron chi connectivity index (χ4n) is 3.82. The Morgan fingerprint density at radius 2 is 2.04 bits per heavy atom. The van der Waals surface area contributed by atoms with Crippen LogP contribution >= 0.6 is 24.8 Å². The van der Waals surface area contributed by atoms with E-state index in [1.807, 2.05) is 0 Å². The van der Waals surface area contributed by atoms with Crippen LogP contribution in [0.1, 0.15) is 36.4 Å². The van der Waals surface area contributed by atoms with E-state index in [-0.39, 0.29) is 48.7 Å². The van der Waals surface area contributed by atoms with E-state index in [0.29, 0.717) is 6.54 Å². The van der Waals surface area contributed by atoms with Crippen molar-refractivity contribution < 1.29 is 9.53 Å². The zero-order chi connectivity index (χ0) is 16.9. The smallest absolute Gasteiger partial charge is 0.223 e. The zero-order valence-electron chi connectivity index (χ0n) is 15.4. The first-order valence-electron chi connectivity index (χ1n) is 9.05. The fraction of sp³-hybridized carbons (Fsp3) is 0.632. The number of nitrogens with one attached hydrogen (secondary N) is 1. The lowest BCUT2D eigenvalue weighted by Crippen LogP contribution is -2.44. The fourth-order valence-corrected chi connectivity index (χ4v) is 3.82. The van der Waals surface area contributed by atoms with Crippen LogP contribution in [-0.4, -0.2) is 49.7 Å². The number of nitrogens with two attached hydrogens (primary N) is 1. The summed E-state index contributed by atoms with van der Waals surface area (Å²) in [5.74, 6) is 0.247. The van der Waals surface area contributed by atoms with Gasteiger partial charge < -0.3 is 15.8 Å². The minimum absolute atomic E-state index is 0. The van der Waals surface area contributed by atoms with E-state index in [1.54, 1.807) is 0 Å². The van der Waals surface area contributed by atoms with Crippen molar-refractivity contribution in [3.8, 4) is 0 Å². The summed E-state index contributed by atoms with van der Waals surface area (Å²) in [5.41, 5.74) is 8.45. The number of halogens is 2. The van der Waals surface area contributed by atoms with Crippen LogP contribution in [0.4, 0.5) is 0 Å². The molecule has 1 aliphatic carbocycles. The highest BCUT2D eigenvalue weighted by atomic mass is 35.5. The van der Waals surface area contributed by atoms with Crippen molar-refractivity contribution >= 4 is 30.7 Å². The Morgan fingerprint density at radius 3 is 2.65 bits per heavy atom. The third kappa shape index (κ3) is 6.10. The third-order valence-electron chi connectivity index (χ3n) is 5.23. The maximum absolute atomic E-state index is 12.5. The largest absolute Gasteiger partial charge is 0.379 e. The molecule has 1 amide bonds. The summed E-state index contributed by atoms with van der Waals surface area (Å²) in [6.07, 6.45) is 2.70. The van der Waals surface area contributed by atoms with Crippen LogP contribution in [0.2, 0.25) is 0 Å². The second kappa shape index (κ2) is 11.1. The molecule has 1 aliphatic heterocycles. The number of ether oxygens (including phenoxy) is 1. The summed E-state index contributed by atoms with van der Waals surface area (Å²) in [6, 6.07) is 8.97. The van der Waals surface area contributed by atoms with E-state index in [9.17, 15) is 4.79 Å². The van der Waals surface area contributed by atoms with Crippen LogP contribution < -0.4 is 11.1 Å². The Balaban J connectivity index is 0.00000169. The van der Waals surface area contributed by atoms with Crippen molar-refractivity contribution in [1.82, 2.24) is 10.2 Å². The van der Waals surface area contributed by atoms with Gasteiger partial charge in [0.05, 0.1) is 19.3 Å². The molecule has 5 nitrogen and oxygen atoms in total. The van der Waals surface area contributed by atoms with Crippen LogP contribution in [0.25, 0.3) is 0 Å². The highest BCUT2D eigenvalue weighted by Gasteiger charge is 2.29. The Labute approximate surface area is 168 Å². The maximum Gasteiger partial charge on any atom is 0.223 e. The number of carbonyl (C=O) groups is 1. The second-order valence-electron chi connectivity index (χ2n) is 7.09. The van der Waals surface area contributed by atoms with Gasteiger partial charge in [0.2, 0.25) is 5.91 Å². The van der Waals surface area contributed by atoms with Crippen molar-refractivity contribution in [2.75, 3.05) is 32.8 Å². The molecule has 1 heterocycles. The van der Waals surface area contributed by atoms with Gasteiger partial charge in [-0.25, -0.2) is 0 Å². The molecule has 3 rings (SSSR count). The topological polar surface area (TPSA) is 67.6 Å². The number of carbonyl (C=O) groups excluding carboxylic acids is 1. The molecule has 0 bridgehead atoms. The van der Waals surface area contributed by atoms with Crippen LogP contribution in [0, 0.1) is 12.8 Å². The molecule has 26 heavy (non-hydrogen) atoms. The van der Waals surface area contributed by atoms with E-state index in [1.165, 1.54) is 11.1 Å². The van der Waals surface area contributed by atoms with Crippen molar-refractivity contribution in [3.63, 3.8) is 0 Å². The van der Waals surface area contributed by atoms with Gasteiger partial charge in [-0.05, 0) is 31.7 Å². The Kier molecular flexibility index (Phi) is 9.90. The van der Waals surface area contributed by atoms with Gasteiger partial charge in [-0.3, -0.25) is 9.69 Å². The van der Waals surface area contributed by atoms with Crippen LogP contribution in [0.5, 0.6) is 0 Å². The number of nitrogens with zero attached hydrogens (tertiary/aromatic N) is 1. The molecule has 3 unspecified atom stereocenters. The summed E-state index contributed by atoms with van der Waals surface area (Å²) < 4.78 is 5.49. The predicted molar refractivity (Wildman–Crippen MR) is 109 cm³/mol. The summed E-state index contributed by atoms with van der Waals surface area (Å²) in [4.78, 5) is 14.9. The molecule has 1 aromatic carbocycles. The SMILES string of the molecule is Cc1cccc(C(CNC(=O)C2CCC(N)C2)N2CCOCC2)c1.Cl.Cl. The monoisotopic (exact) mass is 403 g/mol. The quantitative estimate of drug-likeness (QED) is 0.791. The minimum atomic E-state index is 0. The molecule has 2 aliphatic rings. The van der Waals surface area contributed by atoms with E-state index in [4.69, 9.17) is 10.5 Å². The average molecular weight is 404 g/mol. The molecule has 0 aromatic heterocycles. The minimum Gasteiger partial charge on any atom is -0.379 e. The van der Waals surface area contributed by atoms with Crippen molar-refractivity contribution in [2.24, 2.45) is 11.7 Å². The first kappa shape index (κ1) is 23.2.